The zero-order valence-corrected chi connectivity index (χ0v) is 11.7. The van der Waals surface area contributed by atoms with Crippen LogP contribution in [0.5, 0.6) is 0 Å². The van der Waals surface area contributed by atoms with E-state index in [1.54, 1.807) is 24.4 Å². The van der Waals surface area contributed by atoms with Gasteiger partial charge in [-0.2, -0.15) is 0 Å². The lowest BCUT2D eigenvalue weighted by atomic mass is 9.87. The molecule has 108 valence electrons. The number of methoxy groups -OCH3 is 1. The Labute approximate surface area is 118 Å². The van der Waals surface area contributed by atoms with E-state index in [1.165, 1.54) is 0 Å². The molecule has 1 aromatic rings. The third kappa shape index (κ3) is 2.60. The molecule has 1 aliphatic carbocycles. The molecule has 0 atom stereocenters. The first kappa shape index (κ1) is 13.3. The van der Waals surface area contributed by atoms with E-state index in [9.17, 15) is 4.79 Å². The summed E-state index contributed by atoms with van der Waals surface area (Å²) >= 11 is 0. The monoisotopic (exact) mass is 276 g/mol. The molecule has 0 radical (unpaired) electrons. The highest BCUT2D eigenvalue weighted by molar-refractivity contribution is 6.00. The van der Waals surface area contributed by atoms with Gasteiger partial charge in [-0.3, -0.25) is 9.69 Å². The van der Waals surface area contributed by atoms with E-state index in [2.05, 4.69) is 15.3 Å². The smallest absolute Gasteiger partial charge is 0.247 e. The first-order valence-corrected chi connectivity index (χ1v) is 7.16. The fourth-order valence-electron chi connectivity index (χ4n) is 3.02. The van der Waals surface area contributed by atoms with E-state index in [0.717, 1.165) is 32.2 Å². The highest BCUT2D eigenvalue weighted by Gasteiger charge is 2.30. The maximum absolute atomic E-state index is 12.1. The summed E-state index contributed by atoms with van der Waals surface area (Å²) in [6, 6.07) is 0. The summed E-state index contributed by atoms with van der Waals surface area (Å²) in [7, 11) is 1.77. The van der Waals surface area contributed by atoms with Crippen molar-refractivity contribution in [3.63, 3.8) is 0 Å². The van der Waals surface area contributed by atoms with Gasteiger partial charge in [0.25, 0.3) is 0 Å². The summed E-state index contributed by atoms with van der Waals surface area (Å²) in [6.07, 6.45) is 8.02. The molecule has 1 aromatic heterocycles. The molecule has 1 N–H and O–H groups in total. The van der Waals surface area contributed by atoms with Crippen LogP contribution >= 0.6 is 0 Å². The molecule has 1 aliphatic heterocycles. The fourth-order valence-corrected chi connectivity index (χ4v) is 3.02. The molecule has 0 bridgehead atoms. The number of carbonyl (C=O) groups excluding carboxylic acids is 1. The fraction of sp³-hybridized carbons (Fsp3) is 0.643. The first-order valence-electron chi connectivity index (χ1n) is 7.16. The average Bonchev–Trinajstić information content (AvgIpc) is 2.51. The Hall–Kier alpha value is -1.69. The number of anilines is 2. The van der Waals surface area contributed by atoms with E-state index in [0.29, 0.717) is 30.2 Å². The number of ether oxygens (including phenoxy) is 1. The van der Waals surface area contributed by atoms with Gasteiger partial charge in [-0.15, -0.1) is 0 Å². The molecule has 6 nitrogen and oxygen atoms in total. The molecular formula is C14H20N4O2. The maximum atomic E-state index is 12.1. The molecule has 1 fully saturated rings. The second-order valence-corrected chi connectivity index (χ2v) is 5.46. The summed E-state index contributed by atoms with van der Waals surface area (Å²) in [5.74, 6) is 1.97. The molecule has 1 saturated carbocycles. The van der Waals surface area contributed by atoms with Crippen LogP contribution in [0, 0.1) is 5.92 Å². The largest absolute Gasteiger partial charge is 0.381 e. The van der Waals surface area contributed by atoms with Gasteiger partial charge in [0.15, 0.2) is 11.6 Å². The van der Waals surface area contributed by atoms with Crippen molar-refractivity contribution in [2.24, 2.45) is 5.92 Å². The molecule has 6 heteroatoms. The van der Waals surface area contributed by atoms with Crippen LogP contribution < -0.4 is 10.2 Å². The number of nitrogens with zero attached hydrogens (tertiary/aromatic N) is 3. The Morgan fingerprint density at radius 3 is 2.80 bits per heavy atom. The lowest BCUT2D eigenvalue weighted by Gasteiger charge is -2.34. The molecule has 20 heavy (non-hydrogen) atoms. The van der Waals surface area contributed by atoms with Crippen LogP contribution in [0.25, 0.3) is 0 Å². The number of rotatable bonds is 3. The zero-order valence-electron chi connectivity index (χ0n) is 11.7. The van der Waals surface area contributed by atoms with Crippen molar-refractivity contribution in [2.45, 2.75) is 31.8 Å². The second-order valence-electron chi connectivity index (χ2n) is 5.46. The van der Waals surface area contributed by atoms with Crippen molar-refractivity contribution in [2.75, 3.05) is 30.4 Å². The Kier molecular flexibility index (Phi) is 3.82. The van der Waals surface area contributed by atoms with Crippen LogP contribution in [0.4, 0.5) is 11.6 Å². The second kappa shape index (κ2) is 5.75. The number of hydrogen-bond donors (Lipinski definition) is 1. The Morgan fingerprint density at radius 1 is 1.30 bits per heavy atom. The van der Waals surface area contributed by atoms with Gasteiger partial charge in [-0.1, -0.05) is 0 Å². The average molecular weight is 276 g/mol. The van der Waals surface area contributed by atoms with E-state index in [-0.39, 0.29) is 5.91 Å². The van der Waals surface area contributed by atoms with E-state index >= 15 is 0 Å². The van der Waals surface area contributed by atoms with Crippen molar-refractivity contribution in [1.82, 2.24) is 9.97 Å². The minimum atomic E-state index is 0.0758. The van der Waals surface area contributed by atoms with Gasteiger partial charge in [0.05, 0.1) is 12.6 Å². The van der Waals surface area contributed by atoms with Crippen LogP contribution in [0.1, 0.15) is 25.7 Å². The molecule has 2 aliphatic rings. The van der Waals surface area contributed by atoms with Crippen molar-refractivity contribution in [3.05, 3.63) is 12.4 Å². The highest BCUT2D eigenvalue weighted by atomic mass is 16.5. The van der Waals surface area contributed by atoms with Crippen LogP contribution in [-0.2, 0) is 9.53 Å². The number of aromatic nitrogens is 2. The number of hydrogen-bond acceptors (Lipinski definition) is 5. The molecule has 2 heterocycles. The third-order valence-corrected chi connectivity index (χ3v) is 4.21. The van der Waals surface area contributed by atoms with Gasteiger partial charge in [-0.25, -0.2) is 9.97 Å². The molecule has 0 saturated heterocycles. The molecular weight excluding hydrogens is 256 g/mol. The minimum absolute atomic E-state index is 0.0758. The van der Waals surface area contributed by atoms with E-state index in [4.69, 9.17) is 4.74 Å². The van der Waals surface area contributed by atoms with Crippen molar-refractivity contribution < 1.29 is 9.53 Å². The van der Waals surface area contributed by atoms with Crippen molar-refractivity contribution in [1.29, 1.82) is 0 Å². The summed E-state index contributed by atoms with van der Waals surface area (Å²) in [4.78, 5) is 22.4. The van der Waals surface area contributed by atoms with Gasteiger partial charge >= 0.3 is 0 Å². The topological polar surface area (TPSA) is 67.3 Å². The van der Waals surface area contributed by atoms with Gasteiger partial charge in [0, 0.05) is 26.0 Å². The third-order valence-electron chi connectivity index (χ3n) is 4.21. The van der Waals surface area contributed by atoms with E-state index in [1.807, 2.05) is 0 Å². The Balaban J connectivity index is 1.69. The summed E-state index contributed by atoms with van der Waals surface area (Å²) < 4.78 is 5.39. The van der Waals surface area contributed by atoms with Gasteiger partial charge in [0.1, 0.15) is 0 Å². The highest BCUT2D eigenvalue weighted by Crippen LogP contribution is 2.30. The number of nitrogens with one attached hydrogen (secondary N) is 1. The van der Waals surface area contributed by atoms with Crippen LogP contribution in [0.15, 0.2) is 12.4 Å². The summed E-state index contributed by atoms with van der Waals surface area (Å²) in [5, 5.41) is 3.01. The molecule has 0 unspecified atom stereocenters. The van der Waals surface area contributed by atoms with Crippen molar-refractivity contribution >= 4 is 17.5 Å². The normalized spacial score (nSPS) is 26.1. The van der Waals surface area contributed by atoms with Crippen LogP contribution in [0.2, 0.25) is 0 Å². The minimum Gasteiger partial charge on any atom is -0.381 e. The van der Waals surface area contributed by atoms with Gasteiger partial charge in [0.2, 0.25) is 5.91 Å². The zero-order chi connectivity index (χ0) is 13.9. The standard InChI is InChI=1S/C14H20N4O2/c1-20-11-4-2-10(3-5-11)9-18-12(19)8-17-13-14(18)16-7-6-15-13/h6-7,10-11H,2-5,8-9H2,1H3,(H,15,17). The number of carbonyl (C=O) groups is 1. The summed E-state index contributed by atoms with van der Waals surface area (Å²) in [5.41, 5.74) is 0. The number of fused-ring (bicyclic) bond motifs is 1. The Morgan fingerprint density at radius 2 is 2.05 bits per heavy atom. The maximum Gasteiger partial charge on any atom is 0.247 e. The van der Waals surface area contributed by atoms with Crippen LogP contribution in [-0.4, -0.2) is 42.2 Å². The summed E-state index contributed by atoms with van der Waals surface area (Å²) in [6.45, 7) is 1.04. The van der Waals surface area contributed by atoms with Gasteiger partial charge < -0.3 is 10.1 Å². The SMILES string of the molecule is COC1CCC(CN2C(=O)CNc3nccnc32)CC1. The predicted molar refractivity (Wildman–Crippen MR) is 75.6 cm³/mol. The molecule has 3 rings (SSSR count). The van der Waals surface area contributed by atoms with Crippen molar-refractivity contribution in [3.8, 4) is 0 Å². The van der Waals surface area contributed by atoms with E-state index < -0.39 is 0 Å². The molecule has 1 amide bonds. The Bertz CT molecular complexity index is 486. The van der Waals surface area contributed by atoms with Crippen LogP contribution in [0.3, 0.4) is 0 Å². The molecule has 0 aromatic carbocycles. The first-order chi connectivity index (χ1) is 9.78. The number of amides is 1. The predicted octanol–water partition coefficient (Wildman–Crippen LogP) is 1.44. The lowest BCUT2D eigenvalue weighted by molar-refractivity contribution is -0.117. The van der Waals surface area contributed by atoms with Gasteiger partial charge in [-0.05, 0) is 31.6 Å². The quantitative estimate of drug-likeness (QED) is 0.905. The molecule has 0 spiro atoms. The lowest BCUT2D eigenvalue weighted by Crippen LogP contribution is -2.44.